The van der Waals surface area contributed by atoms with Crippen LogP contribution in [0.4, 0.5) is 5.69 Å². The van der Waals surface area contributed by atoms with Crippen molar-refractivity contribution in [3.63, 3.8) is 0 Å². The monoisotopic (exact) mass is 393 g/mol. The van der Waals surface area contributed by atoms with Gasteiger partial charge in [-0.2, -0.15) is 0 Å². The Kier molecular flexibility index (Phi) is 6.58. The zero-order valence-corrected chi connectivity index (χ0v) is 16.5. The Bertz CT molecular complexity index is 938. The van der Waals surface area contributed by atoms with Crippen LogP contribution in [0.2, 0.25) is 0 Å². The van der Waals surface area contributed by atoms with Gasteiger partial charge >= 0.3 is 0 Å². The van der Waals surface area contributed by atoms with Gasteiger partial charge in [-0.05, 0) is 67.6 Å². The van der Waals surface area contributed by atoms with Crippen LogP contribution >= 0.6 is 0 Å². The van der Waals surface area contributed by atoms with E-state index in [1.54, 1.807) is 69.7 Å². The molecule has 29 heavy (non-hydrogen) atoms. The Hall–Kier alpha value is -3.67. The van der Waals surface area contributed by atoms with E-state index in [1.807, 2.05) is 24.3 Å². The summed E-state index contributed by atoms with van der Waals surface area (Å²) in [6.45, 7) is 1.69. The number of benzene rings is 3. The van der Waals surface area contributed by atoms with Crippen LogP contribution < -0.4 is 24.3 Å². The average Bonchev–Trinajstić information content (AvgIpc) is 2.76. The third kappa shape index (κ3) is 5.42. The lowest BCUT2D eigenvalue weighted by Gasteiger charge is -2.15. The van der Waals surface area contributed by atoms with E-state index in [9.17, 15) is 4.79 Å². The van der Waals surface area contributed by atoms with Crippen LogP contribution in [0.5, 0.6) is 28.7 Å². The summed E-state index contributed by atoms with van der Waals surface area (Å²) in [6, 6.07) is 21.6. The maximum Gasteiger partial charge on any atom is 0.265 e. The molecule has 0 aromatic heterocycles. The molecule has 0 saturated carbocycles. The molecule has 3 aromatic rings. The fraction of sp³-hybridized carbons (Fsp3) is 0.174. The molecule has 1 N–H and O–H groups in total. The second-order valence-corrected chi connectivity index (χ2v) is 6.20. The molecule has 150 valence electrons. The molecule has 6 nitrogen and oxygen atoms in total. The lowest BCUT2D eigenvalue weighted by Crippen LogP contribution is -2.30. The van der Waals surface area contributed by atoms with Crippen molar-refractivity contribution in [1.29, 1.82) is 0 Å². The van der Waals surface area contributed by atoms with E-state index in [0.29, 0.717) is 28.7 Å². The number of carbonyl (C=O) groups is 1. The molecule has 0 aliphatic heterocycles. The van der Waals surface area contributed by atoms with Crippen molar-refractivity contribution in [2.24, 2.45) is 0 Å². The number of hydrogen-bond acceptors (Lipinski definition) is 5. The highest BCUT2D eigenvalue weighted by molar-refractivity contribution is 5.94. The highest BCUT2D eigenvalue weighted by atomic mass is 16.5. The molecule has 6 heteroatoms. The van der Waals surface area contributed by atoms with E-state index < -0.39 is 6.10 Å². The molecule has 0 saturated heterocycles. The minimum atomic E-state index is -0.659. The van der Waals surface area contributed by atoms with Crippen molar-refractivity contribution >= 4 is 11.6 Å². The first-order valence-corrected chi connectivity index (χ1v) is 9.11. The fourth-order valence-electron chi connectivity index (χ4n) is 2.59. The SMILES string of the molecule is COc1ccc(O[C@@H](C)C(=O)Nc2ccc(Oc3ccccc3OC)cc2)cc1. The molecule has 0 bridgehead atoms. The molecule has 0 fully saturated rings. The van der Waals surface area contributed by atoms with E-state index >= 15 is 0 Å². The molecule has 3 rings (SSSR count). The van der Waals surface area contributed by atoms with E-state index in [4.69, 9.17) is 18.9 Å². The van der Waals surface area contributed by atoms with E-state index in [0.717, 1.165) is 5.75 Å². The summed E-state index contributed by atoms with van der Waals surface area (Å²) < 4.78 is 21.9. The second-order valence-electron chi connectivity index (χ2n) is 6.20. The van der Waals surface area contributed by atoms with Crippen molar-refractivity contribution in [1.82, 2.24) is 0 Å². The molecule has 0 aliphatic carbocycles. The van der Waals surface area contributed by atoms with Crippen LogP contribution in [0.15, 0.2) is 72.8 Å². The van der Waals surface area contributed by atoms with Crippen molar-refractivity contribution in [2.75, 3.05) is 19.5 Å². The number of carbonyl (C=O) groups excluding carboxylic acids is 1. The number of ether oxygens (including phenoxy) is 4. The molecule has 0 radical (unpaired) electrons. The van der Waals surface area contributed by atoms with Gasteiger partial charge in [0.2, 0.25) is 0 Å². The smallest absolute Gasteiger partial charge is 0.265 e. The fourth-order valence-corrected chi connectivity index (χ4v) is 2.59. The Morgan fingerprint density at radius 1 is 0.759 bits per heavy atom. The highest BCUT2D eigenvalue weighted by Gasteiger charge is 2.15. The number of anilines is 1. The first kappa shape index (κ1) is 20.1. The lowest BCUT2D eigenvalue weighted by molar-refractivity contribution is -0.122. The first-order valence-electron chi connectivity index (χ1n) is 9.11. The van der Waals surface area contributed by atoms with E-state index in [1.165, 1.54) is 0 Å². The third-order valence-electron chi connectivity index (χ3n) is 4.16. The van der Waals surface area contributed by atoms with E-state index in [2.05, 4.69) is 5.32 Å². The van der Waals surface area contributed by atoms with Gasteiger partial charge in [0, 0.05) is 5.69 Å². The van der Waals surface area contributed by atoms with Gasteiger partial charge in [0.25, 0.3) is 5.91 Å². The topological polar surface area (TPSA) is 66.0 Å². The minimum Gasteiger partial charge on any atom is -0.497 e. The molecule has 0 aliphatic rings. The number of amides is 1. The van der Waals surface area contributed by atoms with Gasteiger partial charge in [-0.1, -0.05) is 12.1 Å². The maximum absolute atomic E-state index is 12.4. The predicted octanol–water partition coefficient (Wildman–Crippen LogP) is 4.90. The van der Waals surface area contributed by atoms with Crippen LogP contribution in [-0.4, -0.2) is 26.2 Å². The number of methoxy groups -OCH3 is 2. The van der Waals surface area contributed by atoms with Crippen molar-refractivity contribution in [2.45, 2.75) is 13.0 Å². The molecule has 0 unspecified atom stereocenters. The number of hydrogen-bond donors (Lipinski definition) is 1. The Morgan fingerprint density at radius 2 is 1.34 bits per heavy atom. The van der Waals surface area contributed by atoms with Gasteiger partial charge in [0.15, 0.2) is 17.6 Å². The molecule has 1 atom stereocenters. The standard InChI is InChI=1S/C23H23NO5/c1-16(28-19-14-12-18(26-2)13-15-19)23(25)24-17-8-10-20(11-9-17)29-22-7-5-4-6-21(22)27-3/h4-16H,1-3H3,(H,24,25)/t16-/m0/s1. The van der Waals surface area contributed by atoms with Crippen LogP contribution in [0.1, 0.15) is 6.92 Å². The summed E-state index contributed by atoms with van der Waals surface area (Å²) in [5.41, 5.74) is 0.646. The zero-order chi connectivity index (χ0) is 20.6. The van der Waals surface area contributed by atoms with Crippen LogP contribution in [0.3, 0.4) is 0 Å². The van der Waals surface area contributed by atoms with Crippen molar-refractivity contribution in [3.8, 4) is 28.7 Å². The number of nitrogens with one attached hydrogen (secondary N) is 1. The number of para-hydroxylation sites is 2. The maximum atomic E-state index is 12.4. The van der Waals surface area contributed by atoms with Gasteiger partial charge in [-0.25, -0.2) is 0 Å². The van der Waals surface area contributed by atoms with Gasteiger partial charge in [-0.15, -0.1) is 0 Å². The van der Waals surface area contributed by atoms with Gasteiger partial charge < -0.3 is 24.3 Å². The molecule has 3 aromatic carbocycles. The Labute approximate surface area is 170 Å². The summed E-state index contributed by atoms with van der Waals surface area (Å²) in [5, 5.41) is 2.83. The Morgan fingerprint density at radius 3 is 1.97 bits per heavy atom. The second kappa shape index (κ2) is 9.50. The quantitative estimate of drug-likeness (QED) is 0.589. The summed E-state index contributed by atoms with van der Waals surface area (Å²) >= 11 is 0. The summed E-state index contributed by atoms with van der Waals surface area (Å²) in [5.74, 6) is 2.97. The van der Waals surface area contributed by atoms with Gasteiger partial charge in [0.05, 0.1) is 14.2 Å². The highest BCUT2D eigenvalue weighted by Crippen LogP contribution is 2.31. The summed E-state index contributed by atoms with van der Waals surface area (Å²) in [6.07, 6.45) is -0.659. The van der Waals surface area contributed by atoms with Crippen molar-refractivity contribution < 1.29 is 23.7 Å². The third-order valence-corrected chi connectivity index (χ3v) is 4.16. The predicted molar refractivity (Wildman–Crippen MR) is 111 cm³/mol. The lowest BCUT2D eigenvalue weighted by atomic mass is 10.2. The molecular weight excluding hydrogens is 370 g/mol. The van der Waals surface area contributed by atoms with Gasteiger partial charge in [-0.3, -0.25) is 4.79 Å². The van der Waals surface area contributed by atoms with Crippen LogP contribution in [0, 0.1) is 0 Å². The zero-order valence-electron chi connectivity index (χ0n) is 16.5. The molecular formula is C23H23NO5. The summed E-state index contributed by atoms with van der Waals surface area (Å²) in [4.78, 5) is 12.4. The Balaban J connectivity index is 1.57. The van der Waals surface area contributed by atoms with Crippen LogP contribution in [0.25, 0.3) is 0 Å². The summed E-state index contributed by atoms with van der Waals surface area (Å²) in [7, 11) is 3.19. The van der Waals surface area contributed by atoms with Crippen LogP contribution in [-0.2, 0) is 4.79 Å². The number of rotatable bonds is 8. The van der Waals surface area contributed by atoms with Gasteiger partial charge in [0.1, 0.15) is 17.2 Å². The van der Waals surface area contributed by atoms with Crippen molar-refractivity contribution in [3.05, 3.63) is 72.8 Å². The minimum absolute atomic E-state index is 0.251. The van der Waals surface area contributed by atoms with E-state index in [-0.39, 0.29) is 5.91 Å². The largest absolute Gasteiger partial charge is 0.497 e. The molecule has 0 heterocycles. The molecule has 1 amide bonds. The normalized spacial score (nSPS) is 11.3. The molecule has 0 spiro atoms. The average molecular weight is 393 g/mol. The first-order chi connectivity index (χ1) is 14.1.